The van der Waals surface area contributed by atoms with Gasteiger partial charge < -0.3 is 24.7 Å². The highest BCUT2D eigenvalue weighted by molar-refractivity contribution is 8.00. The van der Waals surface area contributed by atoms with E-state index in [1.54, 1.807) is 55.6 Å². The lowest BCUT2D eigenvalue weighted by Crippen LogP contribution is -2.32. The van der Waals surface area contributed by atoms with Gasteiger partial charge in [0.1, 0.15) is 28.2 Å². The first-order valence-electron chi connectivity index (χ1n) is 16.8. The highest BCUT2D eigenvalue weighted by Crippen LogP contribution is 2.40. The summed E-state index contributed by atoms with van der Waals surface area (Å²) in [5.41, 5.74) is 4.70. The van der Waals surface area contributed by atoms with E-state index in [9.17, 15) is 14.4 Å². The van der Waals surface area contributed by atoms with E-state index in [4.69, 9.17) is 9.15 Å². The van der Waals surface area contributed by atoms with Crippen LogP contribution in [0.25, 0.3) is 17.4 Å². The average Bonchev–Trinajstić information content (AvgIpc) is 3.85. The Hall–Kier alpha value is -6.32. The van der Waals surface area contributed by atoms with Crippen LogP contribution in [0.15, 0.2) is 161 Å². The van der Waals surface area contributed by atoms with Crippen LogP contribution < -0.4 is 20.3 Å². The van der Waals surface area contributed by atoms with E-state index in [1.807, 2.05) is 95.9 Å². The third-order valence-corrected chi connectivity index (χ3v) is 9.91. The van der Waals surface area contributed by atoms with Gasteiger partial charge in [-0.3, -0.25) is 14.4 Å². The Morgan fingerprint density at radius 3 is 2.25 bits per heavy atom. The Morgan fingerprint density at radius 1 is 0.788 bits per heavy atom. The highest BCUT2D eigenvalue weighted by Gasteiger charge is 2.32. The molecule has 0 spiro atoms. The number of benzene rings is 5. The number of carbonyl (C=O) groups excluding carboxylic acids is 3. The Bertz CT molecular complexity index is 2230. The maximum Gasteiger partial charge on any atom is 0.272 e. The molecule has 0 aliphatic carbocycles. The van der Waals surface area contributed by atoms with E-state index >= 15 is 0 Å². The van der Waals surface area contributed by atoms with Gasteiger partial charge in [-0.25, -0.2) is 0 Å². The fourth-order valence-corrected chi connectivity index (χ4v) is 7.14. The normalized spacial score (nSPS) is 12.9. The average molecular weight is 706 g/mol. The minimum absolute atomic E-state index is 0.00568. The van der Waals surface area contributed by atoms with Crippen LogP contribution in [0.1, 0.15) is 32.5 Å². The molecule has 0 saturated carbocycles. The molecule has 0 unspecified atom stereocenters. The van der Waals surface area contributed by atoms with E-state index in [2.05, 4.69) is 16.7 Å². The number of hydrogen-bond donors (Lipinski definition) is 2. The van der Waals surface area contributed by atoms with E-state index in [-0.39, 0.29) is 11.6 Å². The lowest BCUT2D eigenvalue weighted by molar-refractivity contribution is -0.118. The molecule has 7 rings (SSSR count). The first-order valence-corrected chi connectivity index (χ1v) is 17.7. The number of amides is 3. The quantitative estimate of drug-likeness (QED) is 0.103. The molecule has 52 heavy (non-hydrogen) atoms. The first kappa shape index (κ1) is 34.1. The van der Waals surface area contributed by atoms with Gasteiger partial charge in [-0.2, -0.15) is 0 Å². The van der Waals surface area contributed by atoms with Crippen LogP contribution in [0.3, 0.4) is 0 Å². The number of nitrogens with one attached hydrogen (secondary N) is 2. The topological polar surface area (TPSA) is 101 Å². The minimum atomic E-state index is -0.537. The molecule has 1 aliphatic heterocycles. The zero-order valence-corrected chi connectivity index (χ0v) is 29.1. The number of para-hydroxylation sites is 2. The second-order valence-corrected chi connectivity index (χ2v) is 13.2. The summed E-state index contributed by atoms with van der Waals surface area (Å²) in [7, 11) is 1.59. The van der Waals surface area contributed by atoms with Gasteiger partial charge in [-0.1, -0.05) is 78.9 Å². The number of thioether (sulfide) groups is 1. The summed E-state index contributed by atoms with van der Waals surface area (Å²) in [6.45, 7) is 0.642. The summed E-state index contributed by atoms with van der Waals surface area (Å²) in [6, 6.07) is 44.7. The molecule has 2 N–H and O–H groups in total. The van der Waals surface area contributed by atoms with Gasteiger partial charge in [0.15, 0.2) is 0 Å². The van der Waals surface area contributed by atoms with E-state index < -0.39 is 17.1 Å². The number of carbonyl (C=O) groups is 3. The number of rotatable bonds is 11. The zero-order valence-electron chi connectivity index (χ0n) is 28.3. The van der Waals surface area contributed by atoms with Gasteiger partial charge in [0, 0.05) is 34.5 Å². The SMILES string of the molecule is COc1ccccc1-c1ccc(/C=C(/NC(=O)c2ccccc2)C(=O)Nc2ccc(S[C@@H](C(=O)N3CCc4ccccc43)c3ccccc3)cc2)o1. The fourth-order valence-electron chi connectivity index (χ4n) is 6.06. The van der Waals surface area contributed by atoms with Crippen molar-refractivity contribution in [2.75, 3.05) is 23.9 Å². The molecule has 1 atom stereocenters. The summed E-state index contributed by atoms with van der Waals surface area (Å²) in [5, 5.41) is 5.19. The summed E-state index contributed by atoms with van der Waals surface area (Å²) >= 11 is 1.46. The number of fused-ring (bicyclic) bond motifs is 1. The number of furan rings is 1. The summed E-state index contributed by atoms with van der Waals surface area (Å²) in [5.74, 6) is 0.600. The molecule has 258 valence electrons. The third kappa shape index (κ3) is 7.70. The van der Waals surface area contributed by atoms with Crippen molar-refractivity contribution >= 4 is 46.9 Å². The van der Waals surface area contributed by atoms with Gasteiger partial charge in [-0.15, -0.1) is 11.8 Å². The monoisotopic (exact) mass is 705 g/mol. The van der Waals surface area contributed by atoms with Gasteiger partial charge >= 0.3 is 0 Å². The molecule has 0 fully saturated rings. The van der Waals surface area contributed by atoms with Crippen LogP contribution >= 0.6 is 11.8 Å². The van der Waals surface area contributed by atoms with Crippen molar-refractivity contribution in [3.05, 3.63) is 174 Å². The maximum atomic E-state index is 14.0. The van der Waals surface area contributed by atoms with Crippen molar-refractivity contribution in [1.82, 2.24) is 5.32 Å². The Morgan fingerprint density at radius 2 is 1.48 bits per heavy atom. The highest BCUT2D eigenvalue weighted by atomic mass is 32.2. The molecular weight excluding hydrogens is 671 g/mol. The van der Waals surface area contributed by atoms with Crippen LogP contribution in [0.2, 0.25) is 0 Å². The molecule has 8 nitrogen and oxygen atoms in total. The molecule has 1 aromatic heterocycles. The Balaban J connectivity index is 1.11. The predicted octanol–water partition coefficient (Wildman–Crippen LogP) is 8.79. The predicted molar refractivity (Wildman–Crippen MR) is 205 cm³/mol. The van der Waals surface area contributed by atoms with Crippen molar-refractivity contribution in [2.24, 2.45) is 0 Å². The Kier molecular flexibility index (Phi) is 10.3. The molecular formula is C43H35N3O5S. The van der Waals surface area contributed by atoms with Gasteiger partial charge in [0.25, 0.3) is 11.8 Å². The van der Waals surface area contributed by atoms with E-state index in [1.165, 1.54) is 23.4 Å². The summed E-state index contributed by atoms with van der Waals surface area (Å²) < 4.78 is 11.6. The zero-order chi connectivity index (χ0) is 35.9. The van der Waals surface area contributed by atoms with Crippen molar-refractivity contribution < 1.29 is 23.5 Å². The van der Waals surface area contributed by atoms with Crippen molar-refractivity contribution in [3.8, 4) is 17.1 Å². The molecule has 2 heterocycles. The number of hydrogen-bond acceptors (Lipinski definition) is 6. The number of nitrogens with zero attached hydrogens (tertiary/aromatic N) is 1. The minimum Gasteiger partial charge on any atom is -0.496 e. The van der Waals surface area contributed by atoms with Crippen LogP contribution in [0.4, 0.5) is 11.4 Å². The van der Waals surface area contributed by atoms with Crippen LogP contribution in [-0.4, -0.2) is 31.4 Å². The van der Waals surface area contributed by atoms with E-state index in [0.717, 1.165) is 28.1 Å². The smallest absolute Gasteiger partial charge is 0.272 e. The lowest BCUT2D eigenvalue weighted by Gasteiger charge is -2.24. The van der Waals surface area contributed by atoms with Gasteiger partial charge in [0.2, 0.25) is 5.91 Å². The molecule has 0 radical (unpaired) electrons. The van der Waals surface area contributed by atoms with Gasteiger partial charge in [0.05, 0.1) is 12.7 Å². The third-order valence-electron chi connectivity index (χ3n) is 8.66. The van der Waals surface area contributed by atoms with Crippen LogP contribution in [-0.2, 0) is 16.0 Å². The molecule has 0 saturated heterocycles. The largest absolute Gasteiger partial charge is 0.496 e. The maximum absolute atomic E-state index is 14.0. The number of anilines is 2. The molecule has 3 amide bonds. The molecule has 5 aromatic carbocycles. The van der Waals surface area contributed by atoms with Gasteiger partial charge in [-0.05, 0) is 84.3 Å². The molecule has 1 aliphatic rings. The van der Waals surface area contributed by atoms with Crippen molar-refractivity contribution in [2.45, 2.75) is 16.6 Å². The van der Waals surface area contributed by atoms with E-state index in [0.29, 0.717) is 35.1 Å². The summed E-state index contributed by atoms with van der Waals surface area (Å²) in [6.07, 6.45) is 2.32. The van der Waals surface area contributed by atoms with Crippen LogP contribution in [0.5, 0.6) is 5.75 Å². The second kappa shape index (κ2) is 15.7. The lowest BCUT2D eigenvalue weighted by atomic mass is 10.1. The van der Waals surface area contributed by atoms with Crippen molar-refractivity contribution in [3.63, 3.8) is 0 Å². The first-order chi connectivity index (χ1) is 25.5. The van der Waals surface area contributed by atoms with Crippen molar-refractivity contribution in [1.29, 1.82) is 0 Å². The number of methoxy groups -OCH3 is 1. The molecule has 0 bridgehead atoms. The second-order valence-electron chi connectivity index (χ2n) is 12.0. The summed E-state index contributed by atoms with van der Waals surface area (Å²) in [4.78, 5) is 43.7. The molecule has 6 aromatic rings. The Labute approximate surface area is 306 Å². The molecule has 9 heteroatoms. The fraction of sp³-hybridized carbons (Fsp3) is 0.0930. The standard InChI is InChI=1S/C43H35N3O5S/c1-50-38-19-11-9-17-35(38)39-25-22-33(51-39)28-36(45-41(47)31-15-6-3-7-16-31)42(48)44-32-20-23-34(24-21-32)52-40(30-13-4-2-5-14-30)43(49)46-27-26-29-12-8-10-18-37(29)46/h2-25,28,40H,26-27H2,1H3,(H,44,48)(H,45,47)/b36-28+/t40-/m1/s1. The number of ether oxygens (including phenoxy) is 1. The van der Waals surface area contributed by atoms with Crippen LogP contribution in [0, 0.1) is 0 Å².